The normalized spacial score (nSPS) is 18.4. The lowest BCUT2D eigenvalue weighted by atomic mass is 10.0. The maximum absolute atomic E-state index is 12.9. The zero-order valence-electron chi connectivity index (χ0n) is 16.5. The molecule has 1 amide bonds. The highest BCUT2D eigenvalue weighted by molar-refractivity contribution is 7.99. The van der Waals surface area contributed by atoms with Crippen LogP contribution in [-0.4, -0.2) is 42.9 Å². The summed E-state index contributed by atoms with van der Waals surface area (Å²) in [6.45, 7) is 2.14. The van der Waals surface area contributed by atoms with Gasteiger partial charge in [-0.25, -0.2) is 0 Å². The van der Waals surface area contributed by atoms with Crippen molar-refractivity contribution in [3.05, 3.63) is 48.0 Å². The fraction of sp³-hybridized carbons (Fsp3) is 0.409. The Morgan fingerprint density at radius 1 is 1.10 bits per heavy atom. The van der Waals surface area contributed by atoms with Crippen LogP contribution in [0.15, 0.2) is 47.4 Å². The van der Waals surface area contributed by atoms with Gasteiger partial charge in [-0.05, 0) is 54.8 Å². The standard InChI is InChI=1S/C22H24F2N2O3S/c23-22(24)30-17-7-5-16(6-8-17)25-14-21(27)26-10-1-3-18(26)15-4-9-19-20(13-15)29-12-2-11-28-19/h4-9,13,18,22,25H,1-3,10-12,14H2. The maximum Gasteiger partial charge on any atom is 0.288 e. The van der Waals surface area contributed by atoms with E-state index in [1.54, 1.807) is 24.3 Å². The summed E-state index contributed by atoms with van der Waals surface area (Å²) in [6, 6.07) is 12.6. The van der Waals surface area contributed by atoms with Crippen LogP contribution in [-0.2, 0) is 4.79 Å². The van der Waals surface area contributed by atoms with Crippen molar-refractivity contribution in [1.82, 2.24) is 4.90 Å². The molecule has 0 bridgehead atoms. The number of benzene rings is 2. The Morgan fingerprint density at radius 2 is 1.87 bits per heavy atom. The second-order valence-electron chi connectivity index (χ2n) is 7.26. The minimum Gasteiger partial charge on any atom is -0.490 e. The van der Waals surface area contributed by atoms with Crippen molar-refractivity contribution >= 4 is 23.4 Å². The molecule has 1 saturated heterocycles. The average Bonchev–Trinajstić information content (AvgIpc) is 3.11. The Labute approximate surface area is 178 Å². The summed E-state index contributed by atoms with van der Waals surface area (Å²) in [6.07, 6.45) is 2.71. The summed E-state index contributed by atoms with van der Waals surface area (Å²) < 4.78 is 36.3. The smallest absolute Gasteiger partial charge is 0.288 e. The molecule has 1 unspecified atom stereocenters. The third-order valence-electron chi connectivity index (χ3n) is 5.25. The summed E-state index contributed by atoms with van der Waals surface area (Å²) in [4.78, 5) is 15.3. The number of rotatable bonds is 6. The van der Waals surface area contributed by atoms with E-state index in [1.807, 2.05) is 23.1 Å². The van der Waals surface area contributed by atoms with Crippen LogP contribution in [0.5, 0.6) is 11.5 Å². The number of amides is 1. The first kappa shape index (κ1) is 20.8. The maximum atomic E-state index is 12.9. The molecule has 0 radical (unpaired) electrons. The topological polar surface area (TPSA) is 50.8 Å². The van der Waals surface area contributed by atoms with Crippen LogP contribution in [0.4, 0.5) is 14.5 Å². The number of fused-ring (bicyclic) bond motifs is 1. The number of nitrogens with one attached hydrogen (secondary N) is 1. The molecule has 2 aromatic carbocycles. The Kier molecular flexibility index (Phi) is 6.62. The number of ether oxygens (including phenoxy) is 2. The van der Waals surface area contributed by atoms with Crippen molar-refractivity contribution in [3.8, 4) is 11.5 Å². The van der Waals surface area contributed by atoms with Crippen LogP contribution >= 0.6 is 11.8 Å². The van der Waals surface area contributed by atoms with Gasteiger partial charge in [0.15, 0.2) is 11.5 Å². The van der Waals surface area contributed by atoms with Crippen molar-refractivity contribution < 1.29 is 23.0 Å². The molecule has 1 N–H and O–H groups in total. The van der Waals surface area contributed by atoms with E-state index in [0.29, 0.717) is 36.4 Å². The van der Waals surface area contributed by atoms with Gasteiger partial charge in [0, 0.05) is 23.5 Å². The lowest BCUT2D eigenvalue weighted by Crippen LogP contribution is -2.35. The Balaban J connectivity index is 1.38. The molecule has 0 saturated carbocycles. The van der Waals surface area contributed by atoms with Gasteiger partial charge >= 0.3 is 0 Å². The van der Waals surface area contributed by atoms with Gasteiger partial charge in [-0.15, -0.1) is 0 Å². The second-order valence-corrected chi connectivity index (χ2v) is 8.32. The van der Waals surface area contributed by atoms with E-state index in [-0.39, 0.29) is 18.5 Å². The van der Waals surface area contributed by atoms with Crippen LogP contribution in [0.3, 0.4) is 0 Å². The molecule has 8 heteroatoms. The number of nitrogens with zero attached hydrogens (tertiary/aromatic N) is 1. The first-order chi connectivity index (χ1) is 14.6. The third kappa shape index (κ3) is 4.98. The number of thioether (sulfide) groups is 1. The molecular weight excluding hydrogens is 410 g/mol. The fourth-order valence-electron chi connectivity index (χ4n) is 3.83. The zero-order valence-corrected chi connectivity index (χ0v) is 17.3. The predicted octanol–water partition coefficient (Wildman–Crippen LogP) is 4.94. The number of carbonyl (C=O) groups is 1. The Bertz CT molecular complexity index is 879. The fourth-order valence-corrected chi connectivity index (χ4v) is 4.33. The van der Waals surface area contributed by atoms with Crippen molar-refractivity contribution in [1.29, 1.82) is 0 Å². The van der Waals surface area contributed by atoms with Gasteiger partial charge in [-0.3, -0.25) is 4.79 Å². The van der Waals surface area contributed by atoms with Gasteiger partial charge in [0.05, 0.1) is 25.8 Å². The summed E-state index contributed by atoms with van der Waals surface area (Å²) >= 11 is 0.505. The summed E-state index contributed by atoms with van der Waals surface area (Å²) in [5.41, 5.74) is 1.78. The Hall–Kier alpha value is -2.48. The molecule has 0 spiro atoms. The van der Waals surface area contributed by atoms with E-state index in [0.717, 1.165) is 42.0 Å². The molecule has 160 valence electrons. The van der Waals surface area contributed by atoms with Gasteiger partial charge in [-0.2, -0.15) is 8.78 Å². The van der Waals surface area contributed by atoms with Crippen LogP contribution in [0, 0.1) is 0 Å². The largest absolute Gasteiger partial charge is 0.490 e. The summed E-state index contributed by atoms with van der Waals surface area (Å²) in [7, 11) is 0. The lowest BCUT2D eigenvalue weighted by molar-refractivity contribution is -0.130. The van der Waals surface area contributed by atoms with Crippen molar-refractivity contribution in [2.75, 3.05) is 31.6 Å². The highest BCUT2D eigenvalue weighted by Gasteiger charge is 2.30. The van der Waals surface area contributed by atoms with Crippen molar-refractivity contribution in [3.63, 3.8) is 0 Å². The third-order valence-corrected chi connectivity index (χ3v) is 5.98. The zero-order chi connectivity index (χ0) is 20.9. The van der Waals surface area contributed by atoms with Gasteiger partial charge < -0.3 is 19.7 Å². The number of alkyl halides is 2. The molecule has 30 heavy (non-hydrogen) atoms. The lowest BCUT2D eigenvalue weighted by Gasteiger charge is -2.26. The summed E-state index contributed by atoms with van der Waals surface area (Å²) in [5.74, 6) is -0.940. The van der Waals surface area contributed by atoms with E-state index < -0.39 is 5.76 Å². The molecule has 2 aromatic rings. The van der Waals surface area contributed by atoms with Crippen LogP contribution in [0.25, 0.3) is 0 Å². The number of anilines is 1. The first-order valence-corrected chi connectivity index (χ1v) is 11.0. The van der Waals surface area contributed by atoms with E-state index in [4.69, 9.17) is 9.47 Å². The van der Waals surface area contributed by atoms with E-state index >= 15 is 0 Å². The molecular formula is C22H24F2N2O3S. The summed E-state index contributed by atoms with van der Waals surface area (Å²) in [5, 5.41) is 3.10. The number of hydrogen-bond donors (Lipinski definition) is 1. The minimum absolute atomic E-state index is 0.00985. The van der Waals surface area contributed by atoms with Crippen LogP contribution in [0.2, 0.25) is 0 Å². The van der Waals surface area contributed by atoms with Crippen LogP contribution in [0.1, 0.15) is 30.9 Å². The SMILES string of the molecule is O=C(CNc1ccc(SC(F)F)cc1)N1CCCC1c1ccc2c(c1)OCCCO2. The van der Waals surface area contributed by atoms with Gasteiger partial charge in [0.25, 0.3) is 5.76 Å². The van der Waals surface area contributed by atoms with Gasteiger partial charge in [0.2, 0.25) is 5.91 Å². The molecule has 0 aromatic heterocycles. The minimum atomic E-state index is -2.44. The van der Waals surface area contributed by atoms with E-state index in [9.17, 15) is 13.6 Å². The van der Waals surface area contributed by atoms with E-state index in [1.165, 1.54) is 0 Å². The molecule has 2 aliphatic heterocycles. The number of likely N-dealkylation sites (tertiary alicyclic amines) is 1. The molecule has 0 aliphatic carbocycles. The van der Waals surface area contributed by atoms with Crippen LogP contribution < -0.4 is 14.8 Å². The number of halogens is 2. The molecule has 4 rings (SSSR count). The van der Waals surface area contributed by atoms with E-state index in [2.05, 4.69) is 5.32 Å². The second kappa shape index (κ2) is 9.55. The van der Waals surface area contributed by atoms with Gasteiger partial charge in [-0.1, -0.05) is 17.8 Å². The highest BCUT2D eigenvalue weighted by atomic mass is 32.2. The monoisotopic (exact) mass is 434 g/mol. The Morgan fingerprint density at radius 3 is 2.63 bits per heavy atom. The number of carbonyl (C=O) groups excluding carboxylic acids is 1. The molecule has 5 nitrogen and oxygen atoms in total. The van der Waals surface area contributed by atoms with Crippen molar-refractivity contribution in [2.45, 2.75) is 36.0 Å². The molecule has 2 heterocycles. The highest BCUT2D eigenvalue weighted by Crippen LogP contribution is 2.38. The number of hydrogen-bond acceptors (Lipinski definition) is 5. The average molecular weight is 435 g/mol. The molecule has 1 fully saturated rings. The van der Waals surface area contributed by atoms with Gasteiger partial charge in [0.1, 0.15) is 0 Å². The predicted molar refractivity (Wildman–Crippen MR) is 113 cm³/mol. The molecule has 1 atom stereocenters. The first-order valence-electron chi connectivity index (χ1n) is 10.1. The van der Waals surface area contributed by atoms with Crippen molar-refractivity contribution in [2.24, 2.45) is 0 Å². The quantitative estimate of drug-likeness (QED) is 0.653. The molecule has 2 aliphatic rings.